The summed E-state index contributed by atoms with van der Waals surface area (Å²) in [6, 6.07) is 9.15. The van der Waals surface area contributed by atoms with Crippen molar-refractivity contribution in [2.24, 2.45) is 5.41 Å². The van der Waals surface area contributed by atoms with Crippen molar-refractivity contribution in [3.8, 4) is 5.75 Å². The second-order valence-corrected chi connectivity index (χ2v) is 14.5. The lowest BCUT2D eigenvalue weighted by atomic mass is 9.74. The Morgan fingerprint density at radius 1 is 1.04 bits per heavy atom. The van der Waals surface area contributed by atoms with Gasteiger partial charge in [0.2, 0.25) is 10.0 Å². The lowest BCUT2D eigenvalue weighted by Crippen LogP contribution is -2.49. The number of benzene rings is 2. The third-order valence-electron chi connectivity index (χ3n) is 8.17. The number of piperidine rings is 1. The van der Waals surface area contributed by atoms with E-state index in [4.69, 9.17) is 9.47 Å². The number of nitrogens with zero attached hydrogens (tertiary/aromatic N) is 3. The Labute approximate surface area is 267 Å². The summed E-state index contributed by atoms with van der Waals surface area (Å²) in [5.41, 5.74) is -1.78. The summed E-state index contributed by atoms with van der Waals surface area (Å²) in [5, 5.41) is 24.1. The number of hydrogen-bond donors (Lipinski definition) is 2. The number of rotatable bonds is 4. The van der Waals surface area contributed by atoms with Crippen LogP contribution in [0, 0.1) is 15.5 Å². The summed E-state index contributed by atoms with van der Waals surface area (Å²) >= 11 is 0. The van der Waals surface area contributed by atoms with Gasteiger partial charge >= 0.3 is 12.1 Å². The molecule has 0 bridgehead atoms. The SMILES string of the molecule is CC(C)(C)OC(=O)N1CCC2(CCCN(S(=O)(=O)c3ccccc3[N+](=O)[O-])CCCOc3ccc(C(=O)O)cc3C(=O)NC2)CC1. The van der Waals surface area contributed by atoms with Crippen LogP contribution >= 0.6 is 0 Å². The summed E-state index contributed by atoms with van der Waals surface area (Å²) in [6.07, 6.45) is 1.59. The van der Waals surface area contributed by atoms with Gasteiger partial charge in [-0.25, -0.2) is 18.0 Å². The molecular weight excluding hydrogens is 620 g/mol. The highest BCUT2D eigenvalue weighted by molar-refractivity contribution is 7.89. The van der Waals surface area contributed by atoms with Crippen LogP contribution in [0.25, 0.3) is 0 Å². The molecule has 2 heterocycles. The molecule has 250 valence electrons. The number of hydrogen-bond acceptors (Lipinski definition) is 9. The Bertz CT molecular complexity index is 1580. The number of carbonyl (C=O) groups is 3. The maximum absolute atomic E-state index is 13.8. The molecule has 1 spiro atoms. The quantitative estimate of drug-likeness (QED) is 0.354. The number of fused-ring (bicyclic) bond motifs is 1. The molecule has 1 saturated heterocycles. The normalized spacial score (nSPS) is 18.4. The molecule has 0 unspecified atom stereocenters. The maximum atomic E-state index is 13.8. The van der Waals surface area contributed by atoms with E-state index in [1.807, 2.05) is 0 Å². The summed E-state index contributed by atoms with van der Waals surface area (Å²) < 4.78 is 40.2. The van der Waals surface area contributed by atoms with E-state index in [0.717, 1.165) is 6.07 Å². The number of aromatic carboxylic acids is 1. The predicted octanol–water partition coefficient (Wildman–Crippen LogP) is 4.29. The van der Waals surface area contributed by atoms with E-state index in [1.165, 1.54) is 40.7 Å². The first-order valence-corrected chi connectivity index (χ1v) is 16.6. The second kappa shape index (κ2) is 14.0. The Balaban J connectivity index is 1.65. The van der Waals surface area contributed by atoms with E-state index < -0.39 is 54.5 Å². The van der Waals surface area contributed by atoms with Crippen molar-refractivity contribution < 1.29 is 42.3 Å². The largest absolute Gasteiger partial charge is 0.493 e. The highest BCUT2D eigenvalue weighted by Gasteiger charge is 2.38. The average molecular weight is 661 g/mol. The van der Waals surface area contributed by atoms with E-state index >= 15 is 0 Å². The molecule has 4 rings (SSSR count). The highest BCUT2D eigenvalue weighted by atomic mass is 32.2. The van der Waals surface area contributed by atoms with Crippen LogP contribution in [0.2, 0.25) is 0 Å². The lowest BCUT2D eigenvalue weighted by molar-refractivity contribution is -0.387. The average Bonchev–Trinajstić information content (AvgIpc) is 3.00. The molecule has 14 nitrogen and oxygen atoms in total. The number of amides is 2. The van der Waals surface area contributed by atoms with E-state index in [9.17, 15) is 38.0 Å². The highest BCUT2D eigenvalue weighted by Crippen LogP contribution is 2.37. The van der Waals surface area contributed by atoms with Gasteiger partial charge in [0, 0.05) is 38.8 Å². The van der Waals surface area contributed by atoms with Gasteiger partial charge in [-0.05, 0) is 82.6 Å². The molecule has 2 aliphatic heterocycles. The molecule has 2 aromatic rings. The van der Waals surface area contributed by atoms with Gasteiger partial charge in [-0.1, -0.05) is 12.1 Å². The summed E-state index contributed by atoms with van der Waals surface area (Å²) in [5.74, 6) is -1.58. The Morgan fingerprint density at radius 2 is 1.72 bits per heavy atom. The van der Waals surface area contributed by atoms with Crippen molar-refractivity contribution in [3.05, 3.63) is 63.7 Å². The molecule has 46 heavy (non-hydrogen) atoms. The number of carboxylic acid groups (broad SMARTS) is 1. The molecule has 0 radical (unpaired) electrons. The molecule has 2 aromatic carbocycles. The Kier molecular flexibility index (Phi) is 10.6. The Morgan fingerprint density at radius 3 is 2.37 bits per heavy atom. The van der Waals surface area contributed by atoms with Crippen molar-refractivity contribution >= 4 is 33.7 Å². The third-order valence-corrected chi connectivity index (χ3v) is 10.1. The molecular formula is C31H40N4O10S. The number of nitro benzene ring substituents is 1. The molecule has 0 aliphatic carbocycles. The van der Waals surface area contributed by atoms with Crippen molar-refractivity contribution in [1.82, 2.24) is 14.5 Å². The van der Waals surface area contributed by atoms with Crippen LogP contribution in [-0.2, 0) is 14.8 Å². The fraction of sp³-hybridized carbons (Fsp3) is 0.516. The van der Waals surface area contributed by atoms with Crippen molar-refractivity contribution in [2.45, 2.75) is 63.4 Å². The van der Waals surface area contributed by atoms with Gasteiger partial charge in [0.1, 0.15) is 11.4 Å². The number of carboxylic acids is 1. The van der Waals surface area contributed by atoms with Crippen molar-refractivity contribution in [2.75, 3.05) is 39.3 Å². The van der Waals surface area contributed by atoms with Crippen LogP contribution < -0.4 is 10.1 Å². The smallest absolute Gasteiger partial charge is 0.410 e. The fourth-order valence-electron chi connectivity index (χ4n) is 5.71. The zero-order valence-electron chi connectivity index (χ0n) is 26.2. The van der Waals surface area contributed by atoms with Crippen LogP contribution in [0.15, 0.2) is 47.4 Å². The zero-order valence-corrected chi connectivity index (χ0v) is 27.0. The first-order valence-electron chi connectivity index (χ1n) is 15.1. The first kappa shape index (κ1) is 34.6. The molecule has 0 aromatic heterocycles. The van der Waals surface area contributed by atoms with Gasteiger partial charge in [0.25, 0.3) is 11.6 Å². The number of likely N-dealkylation sites (tertiary alicyclic amines) is 1. The summed E-state index contributed by atoms with van der Waals surface area (Å²) in [6.45, 7) is 6.29. The van der Waals surface area contributed by atoms with E-state index in [1.54, 1.807) is 25.7 Å². The standard InChI is InChI=1S/C31H40N4O10S/c1-30(2,3)45-29(39)33-17-13-31(14-18-33)12-6-15-34(46(42,43)26-9-5-4-8-24(26)35(40)41)16-7-19-44-25-11-10-22(28(37)38)20-23(25)27(36)32-21-31/h4-5,8-11,20H,6-7,12-19,21H2,1-3H3,(H,32,36)(H,37,38). The zero-order chi connectivity index (χ0) is 33.7. The van der Waals surface area contributed by atoms with Crippen LogP contribution in [0.4, 0.5) is 10.5 Å². The molecule has 0 atom stereocenters. The maximum Gasteiger partial charge on any atom is 0.410 e. The van der Waals surface area contributed by atoms with Gasteiger partial charge in [-0.15, -0.1) is 0 Å². The second-order valence-electron chi connectivity index (χ2n) is 12.6. The minimum atomic E-state index is -4.28. The van der Waals surface area contributed by atoms with Gasteiger partial charge in [-0.2, -0.15) is 4.31 Å². The topological polar surface area (TPSA) is 186 Å². The predicted molar refractivity (Wildman–Crippen MR) is 166 cm³/mol. The molecule has 1 fully saturated rings. The monoisotopic (exact) mass is 660 g/mol. The number of carbonyl (C=O) groups excluding carboxylic acids is 2. The van der Waals surface area contributed by atoms with Gasteiger partial charge in [0.15, 0.2) is 4.90 Å². The van der Waals surface area contributed by atoms with Gasteiger partial charge in [-0.3, -0.25) is 14.9 Å². The summed E-state index contributed by atoms with van der Waals surface area (Å²) in [4.78, 5) is 50.0. The molecule has 2 aliphatic rings. The molecule has 2 N–H and O–H groups in total. The third kappa shape index (κ3) is 8.31. The Hall–Kier alpha value is -4.24. The van der Waals surface area contributed by atoms with Crippen molar-refractivity contribution in [3.63, 3.8) is 0 Å². The minimum absolute atomic E-state index is 0.0000383. The van der Waals surface area contributed by atoms with E-state index in [0.29, 0.717) is 38.8 Å². The van der Waals surface area contributed by atoms with Gasteiger partial charge < -0.3 is 24.8 Å². The summed E-state index contributed by atoms with van der Waals surface area (Å²) in [7, 11) is -4.28. The van der Waals surface area contributed by atoms with Crippen molar-refractivity contribution in [1.29, 1.82) is 0 Å². The molecule has 0 saturated carbocycles. The van der Waals surface area contributed by atoms with Gasteiger partial charge in [0.05, 0.1) is 22.7 Å². The van der Waals surface area contributed by atoms with Crippen LogP contribution in [-0.4, -0.2) is 90.6 Å². The van der Waals surface area contributed by atoms with Crippen LogP contribution in [0.3, 0.4) is 0 Å². The minimum Gasteiger partial charge on any atom is -0.493 e. The van der Waals surface area contributed by atoms with E-state index in [-0.39, 0.29) is 49.5 Å². The van der Waals surface area contributed by atoms with Crippen LogP contribution in [0.1, 0.15) is 73.6 Å². The number of nitro groups is 1. The van der Waals surface area contributed by atoms with E-state index in [2.05, 4.69) is 5.32 Å². The first-order chi connectivity index (χ1) is 21.6. The van der Waals surface area contributed by atoms with Crippen LogP contribution in [0.5, 0.6) is 5.75 Å². The molecule has 15 heteroatoms. The molecule has 2 amide bonds. The number of para-hydroxylation sites is 1. The fourth-order valence-corrected chi connectivity index (χ4v) is 7.38. The number of ether oxygens (including phenoxy) is 2. The number of sulfonamides is 1. The lowest BCUT2D eigenvalue weighted by Gasteiger charge is -2.42. The number of nitrogens with one attached hydrogen (secondary N) is 1.